The summed E-state index contributed by atoms with van der Waals surface area (Å²) in [6.45, 7) is 2.63. The maximum atomic E-state index is 11.1. The Balaban J connectivity index is 1.89. The molecule has 0 aliphatic rings. The van der Waals surface area contributed by atoms with Crippen molar-refractivity contribution in [3.05, 3.63) is 65.2 Å². The number of aryl methyl sites for hydroxylation is 1. The van der Waals surface area contributed by atoms with Gasteiger partial charge in [0.05, 0.1) is 6.61 Å². The fourth-order valence-corrected chi connectivity index (χ4v) is 2.70. The van der Waals surface area contributed by atoms with Crippen molar-refractivity contribution in [2.45, 2.75) is 11.8 Å². The smallest absolute Gasteiger partial charge is 0.259 e. The van der Waals surface area contributed by atoms with Gasteiger partial charge in [0.1, 0.15) is 17.4 Å². The van der Waals surface area contributed by atoms with E-state index in [4.69, 9.17) is 15.7 Å². The molecule has 2 rings (SSSR count). The Labute approximate surface area is 145 Å². The molecule has 0 bridgehead atoms. The molecule has 0 aliphatic heterocycles. The molecule has 2 N–H and O–H groups in total. The van der Waals surface area contributed by atoms with E-state index >= 15 is 0 Å². The maximum Gasteiger partial charge on any atom is 0.259 e. The van der Waals surface area contributed by atoms with Gasteiger partial charge in [-0.3, -0.25) is 4.79 Å². The lowest BCUT2D eigenvalue weighted by atomic mass is 10.1. The summed E-state index contributed by atoms with van der Waals surface area (Å²) in [4.78, 5) is 12.3. The van der Waals surface area contributed by atoms with Gasteiger partial charge in [0.15, 0.2) is 0 Å². The quantitative estimate of drug-likeness (QED) is 0.362. The second-order valence-corrected chi connectivity index (χ2v) is 6.28. The first-order valence-electron chi connectivity index (χ1n) is 7.42. The van der Waals surface area contributed by atoms with Gasteiger partial charge in [-0.05, 0) is 42.8 Å². The molecule has 0 unspecified atom stereocenters. The van der Waals surface area contributed by atoms with Crippen LogP contribution in [0.4, 0.5) is 0 Å². The van der Waals surface area contributed by atoms with Crippen molar-refractivity contribution in [3.8, 4) is 11.8 Å². The summed E-state index contributed by atoms with van der Waals surface area (Å²) in [6.07, 6.45) is 1.45. The lowest BCUT2D eigenvalue weighted by Crippen LogP contribution is -2.12. The molecule has 122 valence electrons. The number of ether oxygens (including phenoxy) is 1. The standard InChI is InChI=1S/C19H18N2O2S/c1-14-5-7-18(8-6-14)24-10-9-23-17-4-2-3-15(12-17)11-16(13-20)19(21)22/h2-8,11-12H,9-10H2,1H3,(H2,21,22). The van der Waals surface area contributed by atoms with E-state index in [2.05, 4.69) is 31.2 Å². The molecule has 0 saturated carbocycles. The molecular formula is C19H18N2O2S. The van der Waals surface area contributed by atoms with Gasteiger partial charge in [-0.25, -0.2) is 0 Å². The lowest BCUT2D eigenvalue weighted by Gasteiger charge is -2.07. The third-order valence-corrected chi connectivity index (χ3v) is 4.17. The van der Waals surface area contributed by atoms with Gasteiger partial charge in [-0.1, -0.05) is 29.8 Å². The van der Waals surface area contributed by atoms with Gasteiger partial charge in [0.2, 0.25) is 0 Å². The van der Waals surface area contributed by atoms with E-state index < -0.39 is 5.91 Å². The minimum absolute atomic E-state index is 0.0814. The van der Waals surface area contributed by atoms with Gasteiger partial charge in [-0.2, -0.15) is 5.26 Å². The Morgan fingerprint density at radius 2 is 2.04 bits per heavy atom. The van der Waals surface area contributed by atoms with Crippen molar-refractivity contribution in [3.63, 3.8) is 0 Å². The number of primary amides is 1. The number of carbonyl (C=O) groups excluding carboxylic acids is 1. The fourth-order valence-electron chi connectivity index (χ4n) is 1.97. The second kappa shape index (κ2) is 8.80. The number of hydrogen-bond donors (Lipinski definition) is 1. The van der Waals surface area contributed by atoms with E-state index in [0.29, 0.717) is 17.9 Å². The SMILES string of the molecule is Cc1ccc(SCCOc2cccc(C=C(C#N)C(N)=O)c2)cc1. The van der Waals surface area contributed by atoms with E-state index in [9.17, 15) is 4.79 Å². The van der Waals surface area contributed by atoms with E-state index in [0.717, 1.165) is 5.75 Å². The van der Waals surface area contributed by atoms with Gasteiger partial charge in [0, 0.05) is 10.6 Å². The highest BCUT2D eigenvalue weighted by atomic mass is 32.2. The van der Waals surface area contributed by atoms with Crippen molar-refractivity contribution >= 4 is 23.7 Å². The van der Waals surface area contributed by atoms with E-state index in [-0.39, 0.29) is 5.57 Å². The molecule has 5 heteroatoms. The maximum absolute atomic E-state index is 11.1. The van der Waals surface area contributed by atoms with Crippen LogP contribution in [0.2, 0.25) is 0 Å². The molecule has 2 aromatic rings. The van der Waals surface area contributed by atoms with Gasteiger partial charge in [0.25, 0.3) is 5.91 Å². The zero-order valence-electron chi connectivity index (χ0n) is 13.4. The first kappa shape index (κ1) is 17.6. The number of nitrogens with two attached hydrogens (primary N) is 1. The highest BCUT2D eigenvalue weighted by Crippen LogP contribution is 2.20. The van der Waals surface area contributed by atoms with Crippen LogP contribution in [0, 0.1) is 18.3 Å². The van der Waals surface area contributed by atoms with Crippen LogP contribution >= 0.6 is 11.8 Å². The van der Waals surface area contributed by atoms with Gasteiger partial charge in [-0.15, -0.1) is 11.8 Å². The summed E-state index contributed by atoms with van der Waals surface area (Å²) in [6, 6.07) is 17.4. The lowest BCUT2D eigenvalue weighted by molar-refractivity contribution is -0.114. The third kappa shape index (κ3) is 5.49. The fraction of sp³-hybridized carbons (Fsp3) is 0.158. The molecular weight excluding hydrogens is 320 g/mol. The Morgan fingerprint density at radius 1 is 1.29 bits per heavy atom. The summed E-state index contributed by atoms with van der Waals surface area (Å²) in [7, 11) is 0. The van der Waals surface area contributed by atoms with Crippen LogP contribution in [0.1, 0.15) is 11.1 Å². The van der Waals surface area contributed by atoms with Crippen LogP contribution in [0.3, 0.4) is 0 Å². The zero-order valence-corrected chi connectivity index (χ0v) is 14.2. The molecule has 0 atom stereocenters. The third-order valence-electron chi connectivity index (χ3n) is 3.20. The predicted molar refractivity (Wildman–Crippen MR) is 96.6 cm³/mol. The average molecular weight is 338 g/mol. The molecule has 0 aromatic heterocycles. The molecule has 0 radical (unpaired) electrons. The van der Waals surface area contributed by atoms with Gasteiger partial charge >= 0.3 is 0 Å². The van der Waals surface area contributed by atoms with Gasteiger partial charge < -0.3 is 10.5 Å². The Kier molecular flexibility index (Phi) is 6.47. The normalized spacial score (nSPS) is 10.9. The largest absolute Gasteiger partial charge is 0.493 e. The Morgan fingerprint density at radius 3 is 2.71 bits per heavy atom. The van der Waals surface area contributed by atoms with Crippen LogP contribution in [0.25, 0.3) is 6.08 Å². The Bertz CT molecular complexity index is 777. The van der Waals surface area contributed by atoms with Crippen LogP contribution in [0.15, 0.2) is 59.0 Å². The highest BCUT2D eigenvalue weighted by Gasteiger charge is 2.04. The van der Waals surface area contributed by atoms with Crippen molar-refractivity contribution in [1.29, 1.82) is 5.26 Å². The summed E-state index contributed by atoms with van der Waals surface area (Å²) in [5.74, 6) is 0.779. The number of thioether (sulfide) groups is 1. The summed E-state index contributed by atoms with van der Waals surface area (Å²) in [5.41, 5.74) is 7.00. The number of carbonyl (C=O) groups is 1. The number of nitrogens with zero attached hydrogens (tertiary/aromatic N) is 1. The summed E-state index contributed by atoms with van der Waals surface area (Å²) < 4.78 is 5.72. The molecule has 0 spiro atoms. The molecule has 4 nitrogen and oxygen atoms in total. The summed E-state index contributed by atoms with van der Waals surface area (Å²) in [5, 5.41) is 8.87. The second-order valence-electron chi connectivity index (χ2n) is 5.12. The van der Waals surface area contributed by atoms with Crippen molar-refractivity contribution in [2.24, 2.45) is 5.73 Å². The van der Waals surface area contributed by atoms with Crippen LogP contribution in [0.5, 0.6) is 5.75 Å². The molecule has 0 aliphatic carbocycles. The minimum Gasteiger partial charge on any atom is -0.493 e. The predicted octanol–water partition coefficient (Wildman–Crippen LogP) is 3.56. The number of benzene rings is 2. The minimum atomic E-state index is -0.738. The highest BCUT2D eigenvalue weighted by molar-refractivity contribution is 7.99. The topological polar surface area (TPSA) is 76.1 Å². The van der Waals surface area contributed by atoms with Crippen LogP contribution in [-0.4, -0.2) is 18.3 Å². The Hall–Kier alpha value is -2.71. The monoisotopic (exact) mass is 338 g/mol. The molecule has 24 heavy (non-hydrogen) atoms. The number of hydrogen-bond acceptors (Lipinski definition) is 4. The van der Waals surface area contributed by atoms with Crippen LogP contribution < -0.4 is 10.5 Å². The molecule has 1 amide bonds. The van der Waals surface area contributed by atoms with E-state index in [1.54, 1.807) is 30.0 Å². The number of amides is 1. The van der Waals surface area contributed by atoms with Crippen LogP contribution in [-0.2, 0) is 4.79 Å². The molecule has 0 fully saturated rings. The first-order chi connectivity index (χ1) is 11.6. The molecule has 0 saturated heterocycles. The number of rotatable bonds is 7. The van der Waals surface area contributed by atoms with Crippen molar-refractivity contribution in [2.75, 3.05) is 12.4 Å². The zero-order chi connectivity index (χ0) is 17.4. The first-order valence-corrected chi connectivity index (χ1v) is 8.41. The van der Waals surface area contributed by atoms with E-state index in [1.807, 2.05) is 12.1 Å². The average Bonchev–Trinajstić information content (AvgIpc) is 2.58. The summed E-state index contributed by atoms with van der Waals surface area (Å²) >= 11 is 1.73. The van der Waals surface area contributed by atoms with Crippen molar-refractivity contribution in [1.82, 2.24) is 0 Å². The van der Waals surface area contributed by atoms with Crippen molar-refractivity contribution < 1.29 is 9.53 Å². The molecule has 0 heterocycles. The van der Waals surface area contributed by atoms with E-state index in [1.165, 1.54) is 16.5 Å². The number of nitriles is 1. The molecule has 2 aromatic carbocycles.